The minimum Gasteiger partial charge on any atom is -0.382 e. The van der Waals surface area contributed by atoms with Crippen LogP contribution in [0.15, 0.2) is 18.2 Å². The summed E-state index contributed by atoms with van der Waals surface area (Å²) < 4.78 is 0. The van der Waals surface area contributed by atoms with Gasteiger partial charge in [-0.15, -0.1) is 0 Å². The number of likely N-dealkylation sites (N-methyl/N-ethyl adjacent to an activating group) is 1. The standard InChI is InChI=1S/C16H24ClN3O/c1-12-4-5-13(17)10-15(12)18-14-6-8-20(9-7-14)11-16(21)19(2)3/h4-5,10,14,18H,6-9,11H2,1-3H3. The summed E-state index contributed by atoms with van der Waals surface area (Å²) in [7, 11) is 3.61. The van der Waals surface area contributed by atoms with Crippen LogP contribution >= 0.6 is 11.6 Å². The number of halogens is 1. The molecule has 1 aliphatic heterocycles. The van der Waals surface area contributed by atoms with Gasteiger partial charge in [-0.3, -0.25) is 9.69 Å². The summed E-state index contributed by atoms with van der Waals surface area (Å²) in [5.74, 6) is 0.173. The van der Waals surface area contributed by atoms with Gasteiger partial charge in [0.1, 0.15) is 0 Å². The molecule has 4 nitrogen and oxygen atoms in total. The fraction of sp³-hybridized carbons (Fsp3) is 0.562. The Hall–Kier alpha value is -1.26. The normalized spacial score (nSPS) is 16.8. The molecule has 1 saturated heterocycles. The van der Waals surface area contributed by atoms with Gasteiger partial charge in [-0.1, -0.05) is 17.7 Å². The van der Waals surface area contributed by atoms with Gasteiger partial charge in [-0.25, -0.2) is 0 Å². The van der Waals surface area contributed by atoms with Crippen LogP contribution in [-0.2, 0) is 4.79 Å². The van der Waals surface area contributed by atoms with Crippen LogP contribution in [0.2, 0.25) is 5.02 Å². The molecule has 2 rings (SSSR count). The minimum atomic E-state index is 0.173. The maximum absolute atomic E-state index is 11.7. The molecule has 1 heterocycles. The van der Waals surface area contributed by atoms with Gasteiger partial charge in [-0.05, 0) is 37.5 Å². The van der Waals surface area contributed by atoms with Crippen LogP contribution in [0.5, 0.6) is 0 Å². The van der Waals surface area contributed by atoms with Crippen LogP contribution in [0, 0.1) is 6.92 Å². The number of rotatable bonds is 4. The number of hydrogen-bond donors (Lipinski definition) is 1. The Labute approximate surface area is 132 Å². The largest absolute Gasteiger partial charge is 0.382 e. The first kappa shape index (κ1) is 16.1. The molecule has 5 heteroatoms. The van der Waals surface area contributed by atoms with Crippen LogP contribution in [0.4, 0.5) is 5.69 Å². The molecule has 0 aliphatic carbocycles. The second kappa shape index (κ2) is 7.14. The fourth-order valence-corrected chi connectivity index (χ4v) is 2.71. The maximum atomic E-state index is 11.7. The molecule has 1 aromatic rings. The lowest BCUT2D eigenvalue weighted by atomic mass is 10.0. The number of hydrogen-bond acceptors (Lipinski definition) is 3. The lowest BCUT2D eigenvalue weighted by molar-refractivity contribution is -0.130. The van der Waals surface area contributed by atoms with E-state index >= 15 is 0 Å². The Morgan fingerprint density at radius 2 is 2.05 bits per heavy atom. The highest BCUT2D eigenvalue weighted by molar-refractivity contribution is 6.30. The predicted octanol–water partition coefficient (Wildman–Crippen LogP) is 2.61. The highest BCUT2D eigenvalue weighted by Crippen LogP contribution is 2.23. The van der Waals surface area contributed by atoms with E-state index in [9.17, 15) is 4.79 Å². The van der Waals surface area contributed by atoms with Crippen molar-refractivity contribution < 1.29 is 4.79 Å². The first-order chi connectivity index (χ1) is 9.95. The highest BCUT2D eigenvalue weighted by Gasteiger charge is 2.21. The second-order valence-electron chi connectivity index (χ2n) is 5.94. The Bertz CT molecular complexity index is 496. The molecular formula is C16H24ClN3O. The Morgan fingerprint density at radius 1 is 1.38 bits per heavy atom. The first-order valence-electron chi connectivity index (χ1n) is 7.41. The van der Waals surface area contributed by atoms with Crippen LogP contribution in [0.1, 0.15) is 18.4 Å². The molecule has 0 bridgehead atoms. The average Bonchev–Trinajstić information content (AvgIpc) is 2.45. The lowest BCUT2D eigenvalue weighted by Crippen LogP contribution is -2.44. The number of carbonyl (C=O) groups excluding carboxylic acids is 1. The van der Waals surface area contributed by atoms with Gasteiger partial charge >= 0.3 is 0 Å². The van der Waals surface area contributed by atoms with E-state index in [4.69, 9.17) is 11.6 Å². The summed E-state index contributed by atoms with van der Waals surface area (Å²) in [6.07, 6.45) is 2.10. The van der Waals surface area contributed by atoms with Crippen molar-refractivity contribution in [2.45, 2.75) is 25.8 Å². The van der Waals surface area contributed by atoms with Gasteiger partial charge in [0.25, 0.3) is 0 Å². The van der Waals surface area contributed by atoms with Crippen molar-refractivity contribution in [3.05, 3.63) is 28.8 Å². The number of amides is 1. The third kappa shape index (κ3) is 4.61. The predicted molar refractivity (Wildman–Crippen MR) is 88.0 cm³/mol. The van der Waals surface area contributed by atoms with Crippen molar-refractivity contribution >= 4 is 23.2 Å². The van der Waals surface area contributed by atoms with Crippen molar-refractivity contribution in [1.29, 1.82) is 0 Å². The highest BCUT2D eigenvalue weighted by atomic mass is 35.5. The summed E-state index contributed by atoms with van der Waals surface area (Å²) in [4.78, 5) is 15.6. The quantitative estimate of drug-likeness (QED) is 0.928. The van der Waals surface area contributed by atoms with Gasteiger partial charge < -0.3 is 10.2 Å². The SMILES string of the molecule is Cc1ccc(Cl)cc1NC1CCN(CC(=O)N(C)C)CC1. The zero-order valence-corrected chi connectivity index (χ0v) is 13.8. The zero-order chi connectivity index (χ0) is 15.4. The van der Waals surface area contributed by atoms with Crippen molar-refractivity contribution in [3.8, 4) is 0 Å². The summed E-state index contributed by atoms with van der Waals surface area (Å²) in [5, 5.41) is 4.34. The van der Waals surface area contributed by atoms with E-state index in [1.54, 1.807) is 19.0 Å². The number of carbonyl (C=O) groups is 1. The van der Waals surface area contributed by atoms with E-state index in [2.05, 4.69) is 17.1 Å². The van der Waals surface area contributed by atoms with Crippen molar-refractivity contribution in [3.63, 3.8) is 0 Å². The van der Waals surface area contributed by atoms with E-state index in [0.717, 1.165) is 36.6 Å². The molecule has 1 aromatic carbocycles. The summed E-state index contributed by atoms with van der Waals surface area (Å²) in [5.41, 5.74) is 2.33. The van der Waals surface area contributed by atoms with Crippen LogP contribution in [0.25, 0.3) is 0 Å². The number of nitrogens with zero attached hydrogens (tertiary/aromatic N) is 2. The molecule has 0 unspecified atom stereocenters. The number of piperidine rings is 1. The van der Waals surface area contributed by atoms with Crippen molar-refractivity contribution in [2.75, 3.05) is 39.0 Å². The fourth-order valence-electron chi connectivity index (χ4n) is 2.54. The molecule has 1 fully saturated rings. The molecule has 1 aliphatic rings. The molecule has 1 amide bonds. The van der Waals surface area contributed by atoms with E-state index in [0.29, 0.717) is 12.6 Å². The maximum Gasteiger partial charge on any atom is 0.236 e. The van der Waals surface area contributed by atoms with Gasteiger partial charge in [0, 0.05) is 43.9 Å². The topological polar surface area (TPSA) is 35.6 Å². The number of aryl methyl sites for hydroxylation is 1. The third-order valence-electron chi connectivity index (χ3n) is 4.00. The molecule has 1 N–H and O–H groups in total. The van der Waals surface area contributed by atoms with Gasteiger partial charge in [0.15, 0.2) is 0 Å². The van der Waals surface area contributed by atoms with E-state index in [1.165, 1.54) is 5.56 Å². The number of likely N-dealkylation sites (tertiary alicyclic amines) is 1. The van der Waals surface area contributed by atoms with Crippen LogP contribution in [-0.4, -0.2) is 55.5 Å². The monoisotopic (exact) mass is 309 g/mol. The second-order valence-corrected chi connectivity index (χ2v) is 6.38. The Kier molecular flexibility index (Phi) is 5.48. The number of benzene rings is 1. The third-order valence-corrected chi connectivity index (χ3v) is 4.24. The molecular weight excluding hydrogens is 286 g/mol. The summed E-state index contributed by atoms with van der Waals surface area (Å²) in [6, 6.07) is 6.39. The smallest absolute Gasteiger partial charge is 0.236 e. The van der Waals surface area contributed by atoms with Crippen LogP contribution < -0.4 is 5.32 Å². The first-order valence-corrected chi connectivity index (χ1v) is 7.78. The van der Waals surface area contributed by atoms with Crippen LogP contribution in [0.3, 0.4) is 0 Å². The van der Waals surface area contributed by atoms with Gasteiger partial charge in [0.05, 0.1) is 6.54 Å². The molecule has 116 valence electrons. The molecule has 0 aromatic heterocycles. The average molecular weight is 310 g/mol. The number of nitrogens with one attached hydrogen (secondary N) is 1. The molecule has 21 heavy (non-hydrogen) atoms. The Balaban J connectivity index is 1.84. The lowest BCUT2D eigenvalue weighted by Gasteiger charge is -2.33. The molecule has 0 saturated carbocycles. The van der Waals surface area contributed by atoms with E-state index in [-0.39, 0.29) is 5.91 Å². The molecule has 0 radical (unpaired) electrons. The molecule has 0 spiro atoms. The minimum absolute atomic E-state index is 0.173. The van der Waals surface area contributed by atoms with Gasteiger partial charge in [0.2, 0.25) is 5.91 Å². The van der Waals surface area contributed by atoms with Crippen molar-refractivity contribution in [2.24, 2.45) is 0 Å². The van der Waals surface area contributed by atoms with Crippen molar-refractivity contribution in [1.82, 2.24) is 9.80 Å². The number of anilines is 1. The van der Waals surface area contributed by atoms with Gasteiger partial charge in [-0.2, -0.15) is 0 Å². The molecule has 0 atom stereocenters. The zero-order valence-electron chi connectivity index (χ0n) is 13.0. The van der Waals surface area contributed by atoms with E-state index < -0.39 is 0 Å². The van der Waals surface area contributed by atoms with E-state index in [1.807, 2.05) is 18.2 Å². The summed E-state index contributed by atoms with van der Waals surface area (Å²) in [6.45, 7) is 4.52. The Morgan fingerprint density at radius 3 is 2.67 bits per heavy atom. The summed E-state index contributed by atoms with van der Waals surface area (Å²) >= 11 is 6.05.